The van der Waals surface area contributed by atoms with Crippen molar-refractivity contribution in [3.05, 3.63) is 35.4 Å². The molecule has 0 radical (unpaired) electrons. The molecule has 0 unspecified atom stereocenters. The van der Waals surface area contributed by atoms with Gasteiger partial charge in [0.05, 0.1) is 7.11 Å². The van der Waals surface area contributed by atoms with Crippen molar-refractivity contribution in [2.24, 2.45) is 0 Å². The van der Waals surface area contributed by atoms with E-state index < -0.39 is 0 Å². The summed E-state index contributed by atoms with van der Waals surface area (Å²) in [5.74, 6) is -0.207. The fraction of sp³-hybridized carbons (Fsp3) is 0.500. The number of carbonyl (C=O) groups is 1. The predicted molar refractivity (Wildman–Crippen MR) is 68.9 cm³/mol. The van der Waals surface area contributed by atoms with E-state index in [9.17, 15) is 4.79 Å². The number of nitrogens with one attached hydrogen (secondary N) is 1. The number of carbonyl (C=O) groups excluding carboxylic acids is 1. The Hall–Kier alpha value is -1.35. The summed E-state index contributed by atoms with van der Waals surface area (Å²) in [4.78, 5) is 16.3. The molecule has 0 spiro atoms. The Morgan fingerprint density at radius 1 is 1.41 bits per heavy atom. The van der Waals surface area contributed by atoms with E-state index >= 15 is 0 Å². The lowest BCUT2D eigenvalue weighted by Crippen LogP contribution is -2.23. The molecule has 17 heavy (non-hydrogen) atoms. The molecule has 1 aromatic rings. The van der Waals surface area contributed by atoms with Gasteiger partial charge in [-0.3, -0.25) is 9.63 Å². The van der Waals surface area contributed by atoms with Gasteiger partial charge in [0.1, 0.15) is 0 Å². The van der Waals surface area contributed by atoms with Gasteiger partial charge in [-0.05, 0) is 29.5 Å². The number of hydroxylamine groups is 1. The monoisotopic (exact) mass is 235 g/mol. The van der Waals surface area contributed by atoms with E-state index in [1.54, 1.807) is 6.07 Å². The lowest BCUT2D eigenvalue weighted by atomic mass is 9.80. The minimum absolute atomic E-state index is 0.0953. The van der Waals surface area contributed by atoms with E-state index in [2.05, 4.69) is 37.2 Å². The molecule has 3 nitrogen and oxygen atoms in total. The summed E-state index contributed by atoms with van der Waals surface area (Å²) >= 11 is 0. The van der Waals surface area contributed by atoms with Crippen LogP contribution in [0.5, 0.6) is 0 Å². The molecule has 0 atom stereocenters. The molecule has 0 fully saturated rings. The summed E-state index contributed by atoms with van der Waals surface area (Å²) in [7, 11) is 1.43. The van der Waals surface area contributed by atoms with Gasteiger partial charge < -0.3 is 0 Å². The third-order valence-corrected chi connectivity index (χ3v) is 2.98. The van der Waals surface area contributed by atoms with Crippen molar-refractivity contribution in [1.29, 1.82) is 0 Å². The smallest absolute Gasteiger partial charge is 0.274 e. The van der Waals surface area contributed by atoms with E-state index in [0.717, 1.165) is 12.8 Å². The first-order chi connectivity index (χ1) is 8.01. The van der Waals surface area contributed by atoms with Gasteiger partial charge in [0.2, 0.25) is 0 Å². The Kier molecular flexibility index (Phi) is 4.70. The summed E-state index contributed by atoms with van der Waals surface area (Å²) in [5.41, 5.74) is 4.25. The molecule has 1 amide bonds. The van der Waals surface area contributed by atoms with E-state index in [4.69, 9.17) is 0 Å². The molecule has 1 aromatic carbocycles. The van der Waals surface area contributed by atoms with Crippen LogP contribution in [0.4, 0.5) is 0 Å². The largest absolute Gasteiger partial charge is 0.277 e. The van der Waals surface area contributed by atoms with Crippen molar-refractivity contribution in [2.75, 3.05) is 7.11 Å². The van der Waals surface area contributed by atoms with Crippen LogP contribution in [0.2, 0.25) is 0 Å². The maximum atomic E-state index is 11.6. The third kappa shape index (κ3) is 3.56. The first-order valence-electron chi connectivity index (χ1n) is 5.95. The molecule has 1 N–H and O–H groups in total. The van der Waals surface area contributed by atoms with Crippen LogP contribution in [0, 0.1) is 0 Å². The van der Waals surface area contributed by atoms with Crippen LogP contribution in [-0.2, 0) is 10.3 Å². The number of rotatable bonds is 5. The molecule has 0 bridgehead atoms. The van der Waals surface area contributed by atoms with Crippen LogP contribution in [0.15, 0.2) is 24.3 Å². The summed E-state index contributed by atoms with van der Waals surface area (Å²) in [6.07, 6.45) is 2.23. The second-order valence-electron chi connectivity index (χ2n) is 4.85. The topological polar surface area (TPSA) is 38.3 Å². The molecule has 94 valence electrons. The zero-order chi connectivity index (χ0) is 12.9. The first kappa shape index (κ1) is 13.7. The summed E-state index contributed by atoms with van der Waals surface area (Å²) in [5, 5.41) is 0. The van der Waals surface area contributed by atoms with Gasteiger partial charge >= 0.3 is 0 Å². The van der Waals surface area contributed by atoms with E-state index in [-0.39, 0.29) is 11.3 Å². The van der Waals surface area contributed by atoms with Crippen molar-refractivity contribution < 1.29 is 9.63 Å². The molecule has 0 aliphatic rings. The fourth-order valence-corrected chi connectivity index (χ4v) is 2.00. The second kappa shape index (κ2) is 5.82. The highest BCUT2D eigenvalue weighted by Crippen LogP contribution is 2.28. The lowest BCUT2D eigenvalue weighted by Gasteiger charge is -2.25. The van der Waals surface area contributed by atoms with Crippen molar-refractivity contribution in [1.82, 2.24) is 5.48 Å². The second-order valence-corrected chi connectivity index (χ2v) is 4.85. The van der Waals surface area contributed by atoms with E-state index in [1.165, 1.54) is 12.7 Å². The van der Waals surface area contributed by atoms with E-state index in [1.807, 2.05) is 12.1 Å². The van der Waals surface area contributed by atoms with Crippen LogP contribution < -0.4 is 5.48 Å². The normalized spacial score (nSPS) is 11.3. The molecular weight excluding hydrogens is 214 g/mol. The summed E-state index contributed by atoms with van der Waals surface area (Å²) < 4.78 is 0. The number of amides is 1. The van der Waals surface area contributed by atoms with E-state index in [0.29, 0.717) is 5.56 Å². The van der Waals surface area contributed by atoms with Crippen LogP contribution in [0.3, 0.4) is 0 Å². The third-order valence-electron chi connectivity index (χ3n) is 2.98. The molecule has 0 saturated carbocycles. The minimum atomic E-state index is -0.207. The van der Waals surface area contributed by atoms with Crippen molar-refractivity contribution in [3.8, 4) is 0 Å². The van der Waals surface area contributed by atoms with Crippen molar-refractivity contribution in [3.63, 3.8) is 0 Å². The van der Waals surface area contributed by atoms with Crippen molar-refractivity contribution >= 4 is 5.91 Å². The zero-order valence-corrected chi connectivity index (χ0v) is 11.0. The summed E-state index contributed by atoms with van der Waals surface area (Å²) in [6, 6.07) is 7.71. The Bertz CT molecular complexity index is 386. The van der Waals surface area contributed by atoms with Crippen LogP contribution in [-0.4, -0.2) is 13.0 Å². The van der Waals surface area contributed by atoms with Gasteiger partial charge in [-0.1, -0.05) is 39.3 Å². The Balaban J connectivity index is 2.96. The Labute approximate surface area is 103 Å². The molecule has 0 aliphatic heterocycles. The van der Waals surface area contributed by atoms with Gasteiger partial charge in [-0.25, -0.2) is 5.48 Å². The van der Waals surface area contributed by atoms with Gasteiger partial charge in [0.15, 0.2) is 0 Å². The molecular formula is C14H21NO2. The zero-order valence-electron chi connectivity index (χ0n) is 11.0. The highest BCUT2D eigenvalue weighted by atomic mass is 16.6. The molecule has 0 saturated heterocycles. The minimum Gasteiger partial charge on any atom is -0.277 e. The van der Waals surface area contributed by atoms with Gasteiger partial charge in [0, 0.05) is 5.56 Å². The van der Waals surface area contributed by atoms with Gasteiger partial charge in [-0.15, -0.1) is 0 Å². The molecule has 0 aromatic heterocycles. The van der Waals surface area contributed by atoms with Crippen LogP contribution in [0.25, 0.3) is 0 Å². The SMILES string of the molecule is CCCC(C)(C)c1cccc(C(=O)NOC)c1. The molecule has 0 heterocycles. The fourth-order valence-electron chi connectivity index (χ4n) is 2.00. The maximum absolute atomic E-state index is 11.6. The lowest BCUT2D eigenvalue weighted by molar-refractivity contribution is 0.0537. The average molecular weight is 235 g/mol. The Morgan fingerprint density at radius 3 is 2.71 bits per heavy atom. The number of benzene rings is 1. The molecule has 3 heteroatoms. The first-order valence-corrected chi connectivity index (χ1v) is 5.95. The summed E-state index contributed by atoms with van der Waals surface area (Å²) in [6.45, 7) is 6.57. The molecule has 1 rings (SSSR count). The molecule has 0 aliphatic carbocycles. The average Bonchev–Trinajstić information content (AvgIpc) is 2.29. The van der Waals surface area contributed by atoms with Gasteiger partial charge in [0.25, 0.3) is 5.91 Å². The highest BCUT2D eigenvalue weighted by Gasteiger charge is 2.20. The number of hydrogen-bond donors (Lipinski definition) is 1. The van der Waals surface area contributed by atoms with Crippen LogP contribution >= 0.6 is 0 Å². The predicted octanol–water partition coefficient (Wildman–Crippen LogP) is 3.06. The van der Waals surface area contributed by atoms with Crippen molar-refractivity contribution in [2.45, 2.75) is 39.0 Å². The highest BCUT2D eigenvalue weighted by molar-refractivity contribution is 5.93. The van der Waals surface area contributed by atoms with Crippen LogP contribution in [0.1, 0.15) is 49.5 Å². The number of hydrogen-bond acceptors (Lipinski definition) is 2. The maximum Gasteiger partial charge on any atom is 0.274 e. The Morgan fingerprint density at radius 2 is 2.12 bits per heavy atom. The quantitative estimate of drug-likeness (QED) is 0.797. The van der Waals surface area contributed by atoms with Gasteiger partial charge in [-0.2, -0.15) is 0 Å². The standard InChI is InChI=1S/C14H21NO2/c1-5-9-14(2,3)12-8-6-7-11(10-12)13(16)15-17-4/h6-8,10H,5,9H2,1-4H3,(H,15,16).